The van der Waals surface area contributed by atoms with Crippen molar-refractivity contribution < 1.29 is 9.53 Å². The molecule has 66 valence electrons. The first-order chi connectivity index (χ1) is 5.74. The molecule has 0 aliphatic rings. The normalized spacial score (nSPS) is 10.2. The molecule has 0 radical (unpaired) electrons. The van der Waals surface area contributed by atoms with Gasteiger partial charge in [0.2, 0.25) is 0 Å². The van der Waals surface area contributed by atoms with Crippen molar-refractivity contribution in [3.63, 3.8) is 0 Å². The molecule has 0 N–H and O–H groups in total. The number of hydrogen-bond acceptors (Lipinski definition) is 4. The van der Waals surface area contributed by atoms with Gasteiger partial charge in [-0.25, -0.2) is 4.98 Å². The van der Waals surface area contributed by atoms with Crippen LogP contribution < -0.4 is 0 Å². The Morgan fingerprint density at radius 1 is 1.75 bits per heavy atom. The molecule has 0 aliphatic heterocycles. The highest BCUT2D eigenvalue weighted by Crippen LogP contribution is 1.93. The van der Waals surface area contributed by atoms with Crippen LogP contribution in [-0.2, 0) is 23.0 Å². The van der Waals surface area contributed by atoms with Crippen LogP contribution in [0, 0.1) is 0 Å². The molecule has 0 fully saturated rings. The third-order valence-electron chi connectivity index (χ3n) is 1.47. The third-order valence-corrected chi connectivity index (χ3v) is 1.47. The second kappa shape index (κ2) is 3.96. The summed E-state index contributed by atoms with van der Waals surface area (Å²) in [5, 5.41) is 3.84. The molecule has 0 bridgehead atoms. The summed E-state index contributed by atoms with van der Waals surface area (Å²) in [6, 6.07) is 0. The van der Waals surface area contributed by atoms with Gasteiger partial charge in [0.15, 0.2) is 5.78 Å². The molecule has 5 heteroatoms. The van der Waals surface area contributed by atoms with E-state index < -0.39 is 0 Å². The van der Waals surface area contributed by atoms with E-state index in [4.69, 9.17) is 0 Å². The van der Waals surface area contributed by atoms with Gasteiger partial charge in [0.1, 0.15) is 18.8 Å². The Morgan fingerprint density at radius 3 is 3.00 bits per heavy atom. The molecule has 1 aromatic heterocycles. The molecule has 1 rings (SSSR count). The lowest BCUT2D eigenvalue weighted by Crippen LogP contribution is -2.13. The molecular weight excluding hydrogens is 158 g/mol. The van der Waals surface area contributed by atoms with Gasteiger partial charge < -0.3 is 4.74 Å². The van der Waals surface area contributed by atoms with Crippen LogP contribution in [0.25, 0.3) is 0 Å². The van der Waals surface area contributed by atoms with Gasteiger partial charge in [0.05, 0.1) is 6.42 Å². The van der Waals surface area contributed by atoms with E-state index in [9.17, 15) is 4.79 Å². The second-order valence-corrected chi connectivity index (χ2v) is 2.45. The number of aryl methyl sites for hydroxylation is 1. The Kier molecular flexibility index (Phi) is 2.93. The number of hydrogen-bond donors (Lipinski definition) is 0. The summed E-state index contributed by atoms with van der Waals surface area (Å²) in [7, 11) is 3.25. The number of nitrogens with zero attached hydrogens (tertiary/aromatic N) is 3. The molecule has 0 atom stereocenters. The zero-order valence-electron chi connectivity index (χ0n) is 7.15. The fourth-order valence-corrected chi connectivity index (χ4v) is 0.869. The lowest BCUT2D eigenvalue weighted by Gasteiger charge is -1.98. The van der Waals surface area contributed by atoms with E-state index in [-0.39, 0.29) is 18.8 Å². The van der Waals surface area contributed by atoms with Gasteiger partial charge in [-0.2, -0.15) is 5.10 Å². The number of rotatable bonds is 4. The number of ether oxygens (including phenoxy) is 1. The largest absolute Gasteiger partial charge is 0.377 e. The summed E-state index contributed by atoms with van der Waals surface area (Å²) in [4.78, 5) is 15.0. The maximum absolute atomic E-state index is 11.1. The van der Waals surface area contributed by atoms with Gasteiger partial charge in [-0.1, -0.05) is 0 Å². The Morgan fingerprint density at radius 2 is 2.50 bits per heavy atom. The van der Waals surface area contributed by atoms with Crippen LogP contribution in [0.5, 0.6) is 0 Å². The average Bonchev–Trinajstić information content (AvgIpc) is 2.37. The standard InChI is InChI=1S/C7H11N3O2/c1-10-7(8-5-9-10)3-6(11)4-12-2/h5H,3-4H2,1-2H3. The fraction of sp³-hybridized carbons (Fsp3) is 0.571. The number of methoxy groups -OCH3 is 1. The maximum Gasteiger partial charge on any atom is 0.165 e. The zero-order chi connectivity index (χ0) is 8.97. The molecule has 12 heavy (non-hydrogen) atoms. The van der Waals surface area contributed by atoms with E-state index in [2.05, 4.69) is 14.8 Å². The van der Waals surface area contributed by atoms with E-state index in [1.807, 2.05) is 0 Å². The lowest BCUT2D eigenvalue weighted by atomic mass is 10.3. The molecule has 0 saturated carbocycles. The highest BCUT2D eigenvalue weighted by molar-refractivity contribution is 5.81. The monoisotopic (exact) mass is 169 g/mol. The predicted molar refractivity (Wildman–Crippen MR) is 41.6 cm³/mol. The number of carbonyl (C=O) groups excluding carboxylic acids is 1. The number of aromatic nitrogens is 3. The van der Waals surface area contributed by atoms with E-state index in [0.717, 1.165) is 0 Å². The van der Waals surface area contributed by atoms with Crippen LogP contribution >= 0.6 is 0 Å². The molecule has 0 saturated heterocycles. The smallest absolute Gasteiger partial charge is 0.165 e. The predicted octanol–water partition coefficient (Wildman–Crippen LogP) is -0.427. The summed E-state index contributed by atoms with van der Waals surface area (Å²) >= 11 is 0. The van der Waals surface area contributed by atoms with Gasteiger partial charge >= 0.3 is 0 Å². The minimum Gasteiger partial charge on any atom is -0.377 e. The van der Waals surface area contributed by atoms with Crippen molar-refractivity contribution in [2.24, 2.45) is 7.05 Å². The summed E-state index contributed by atoms with van der Waals surface area (Å²) in [6.07, 6.45) is 1.71. The van der Waals surface area contributed by atoms with Crippen LogP contribution in [0.1, 0.15) is 5.82 Å². The van der Waals surface area contributed by atoms with Crippen molar-refractivity contribution in [2.45, 2.75) is 6.42 Å². The molecule has 0 unspecified atom stereocenters. The van der Waals surface area contributed by atoms with Crippen molar-refractivity contribution in [1.29, 1.82) is 0 Å². The third kappa shape index (κ3) is 2.13. The zero-order valence-corrected chi connectivity index (χ0v) is 7.15. The van der Waals surface area contributed by atoms with Gasteiger partial charge in [-0.3, -0.25) is 9.48 Å². The summed E-state index contributed by atoms with van der Waals surface area (Å²) in [6.45, 7) is 0.132. The van der Waals surface area contributed by atoms with Gasteiger partial charge in [-0.05, 0) is 0 Å². The van der Waals surface area contributed by atoms with Gasteiger partial charge in [0, 0.05) is 14.2 Å². The topological polar surface area (TPSA) is 57.0 Å². The van der Waals surface area contributed by atoms with Crippen molar-refractivity contribution in [3.05, 3.63) is 12.2 Å². The fourth-order valence-electron chi connectivity index (χ4n) is 0.869. The van der Waals surface area contributed by atoms with E-state index in [1.165, 1.54) is 13.4 Å². The van der Waals surface area contributed by atoms with Crippen molar-refractivity contribution >= 4 is 5.78 Å². The highest BCUT2D eigenvalue weighted by Gasteiger charge is 2.06. The summed E-state index contributed by atoms with van der Waals surface area (Å²) in [5.41, 5.74) is 0. The molecule has 0 spiro atoms. The molecule has 0 aliphatic carbocycles. The molecule has 1 heterocycles. The first-order valence-corrected chi connectivity index (χ1v) is 3.57. The van der Waals surface area contributed by atoms with Gasteiger partial charge in [-0.15, -0.1) is 0 Å². The second-order valence-electron chi connectivity index (χ2n) is 2.45. The van der Waals surface area contributed by atoms with Crippen molar-refractivity contribution in [3.8, 4) is 0 Å². The molecule has 0 amide bonds. The van der Waals surface area contributed by atoms with Crippen LogP contribution in [0.2, 0.25) is 0 Å². The van der Waals surface area contributed by atoms with E-state index >= 15 is 0 Å². The van der Waals surface area contributed by atoms with Crippen LogP contribution in [0.3, 0.4) is 0 Å². The average molecular weight is 169 g/mol. The Bertz CT molecular complexity index is 269. The number of Topliss-reactive ketones (excluding diaryl/α,β-unsaturated/α-hetero) is 1. The van der Waals surface area contributed by atoms with Crippen molar-refractivity contribution in [1.82, 2.24) is 14.8 Å². The SMILES string of the molecule is COCC(=O)Cc1ncnn1C. The number of carbonyl (C=O) groups is 1. The maximum atomic E-state index is 11.1. The minimum absolute atomic E-state index is 0.00796. The van der Waals surface area contributed by atoms with E-state index in [0.29, 0.717) is 5.82 Å². The molecule has 1 aromatic rings. The lowest BCUT2D eigenvalue weighted by molar-refractivity contribution is -0.122. The highest BCUT2D eigenvalue weighted by atomic mass is 16.5. The van der Waals surface area contributed by atoms with Crippen LogP contribution in [0.4, 0.5) is 0 Å². The first-order valence-electron chi connectivity index (χ1n) is 3.57. The molecule has 0 aromatic carbocycles. The Labute approximate surface area is 70.4 Å². The first kappa shape index (κ1) is 8.86. The van der Waals surface area contributed by atoms with E-state index in [1.54, 1.807) is 11.7 Å². The molecule has 5 nitrogen and oxygen atoms in total. The van der Waals surface area contributed by atoms with Crippen LogP contribution in [0.15, 0.2) is 6.33 Å². The number of ketones is 1. The van der Waals surface area contributed by atoms with Crippen molar-refractivity contribution in [2.75, 3.05) is 13.7 Å². The molecular formula is C7H11N3O2. The Hall–Kier alpha value is -1.23. The minimum atomic E-state index is 0.00796. The quantitative estimate of drug-likeness (QED) is 0.614. The van der Waals surface area contributed by atoms with Gasteiger partial charge in [0.25, 0.3) is 0 Å². The summed E-state index contributed by atoms with van der Waals surface area (Å²) in [5.74, 6) is 0.672. The Balaban J connectivity index is 2.52. The van der Waals surface area contributed by atoms with Crippen LogP contribution in [-0.4, -0.2) is 34.3 Å². The summed E-state index contributed by atoms with van der Waals surface area (Å²) < 4.78 is 6.26.